The standard InChI is InChI=1S/C47H27N3O2/c1-2-13-28(14-3-1)45-48-46(50-47(49-45)37-27-29-15-4-5-16-30(29)31-17-6-7-18-32(31)37)36-22-12-26-41-44(36)43-34(21-11-25-40(43)52-41)33-20-10-24-39-42(33)35-19-8-9-23-38(35)51-39/h1-27H. The van der Waals surface area contributed by atoms with Crippen molar-refractivity contribution in [2.45, 2.75) is 0 Å². The van der Waals surface area contributed by atoms with Gasteiger partial charge in [0, 0.05) is 38.2 Å². The second-order valence-electron chi connectivity index (χ2n) is 13.1. The third-order valence-corrected chi connectivity index (χ3v) is 10.1. The van der Waals surface area contributed by atoms with E-state index in [1.165, 1.54) is 5.39 Å². The zero-order valence-corrected chi connectivity index (χ0v) is 27.7. The Morgan fingerprint density at radius 3 is 1.58 bits per heavy atom. The van der Waals surface area contributed by atoms with Crippen molar-refractivity contribution in [3.63, 3.8) is 0 Å². The molecule has 0 amide bonds. The summed E-state index contributed by atoms with van der Waals surface area (Å²) in [4.78, 5) is 15.6. The molecule has 5 heteroatoms. The van der Waals surface area contributed by atoms with Crippen LogP contribution in [0.4, 0.5) is 0 Å². The molecule has 0 atom stereocenters. The van der Waals surface area contributed by atoms with Gasteiger partial charge in [-0.2, -0.15) is 0 Å². The number of para-hydroxylation sites is 1. The Morgan fingerprint density at radius 1 is 0.308 bits per heavy atom. The lowest BCUT2D eigenvalue weighted by Crippen LogP contribution is -2.01. The lowest BCUT2D eigenvalue weighted by Gasteiger charge is -2.13. The Labute approximate surface area is 297 Å². The smallest absolute Gasteiger partial charge is 0.164 e. The van der Waals surface area contributed by atoms with E-state index in [1.54, 1.807) is 0 Å². The van der Waals surface area contributed by atoms with Crippen LogP contribution in [-0.4, -0.2) is 15.0 Å². The molecule has 0 spiro atoms. The van der Waals surface area contributed by atoms with Crippen LogP contribution in [0.2, 0.25) is 0 Å². The van der Waals surface area contributed by atoms with Gasteiger partial charge in [-0.05, 0) is 63.0 Å². The second kappa shape index (κ2) is 11.2. The van der Waals surface area contributed by atoms with Crippen molar-refractivity contribution in [2.24, 2.45) is 0 Å². The molecular formula is C47H27N3O2. The van der Waals surface area contributed by atoms with Crippen molar-refractivity contribution in [1.82, 2.24) is 15.0 Å². The molecule has 0 fully saturated rings. The fraction of sp³-hybridized carbons (Fsp3) is 0. The van der Waals surface area contributed by atoms with E-state index in [-0.39, 0.29) is 0 Å². The molecule has 242 valence electrons. The molecular weight excluding hydrogens is 639 g/mol. The van der Waals surface area contributed by atoms with Crippen molar-refractivity contribution >= 4 is 65.4 Å². The van der Waals surface area contributed by atoms with Crippen LogP contribution in [0.15, 0.2) is 173 Å². The molecule has 8 aromatic carbocycles. The molecule has 11 aromatic rings. The summed E-state index contributed by atoms with van der Waals surface area (Å²) in [7, 11) is 0. The summed E-state index contributed by atoms with van der Waals surface area (Å²) < 4.78 is 12.9. The van der Waals surface area contributed by atoms with Gasteiger partial charge in [0.2, 0.25) is 0 Å². The van der Waals surface area contributed by atoms with E-state index in [2.05, 4.69) is 97.1 Å². The predicted octanol–water partition coefficient (Wildman–Crippen LogP) is 12.6. The van der Waals surface area contributed by atoms with E-state index < -0.39 is 0 Å². The van der Waals surface area contributed by atoms with Gasteiger partial charge in [0.15, 0.2) is 17.5 Å². The summed E-state index contributed by atoms with van der Waals surface area (Å²) in [6, 6.07) is 56.1. The van der Waals surface area contributed by atoms with Crippen molar-refractivity contribution in [2.75, 3.05) is 0 Å². The van der Waals surface area contributed by atoms with E-state index in [0.717, 1.165) is 87.9 Å². The first-order chi connectivity index (χ1) is 25.8. The SMILES string of the molecule is c1ccc(-c2nc(-c3cc4ccccc4c4ccccc34)nc(-c3cccc4oc5cccc(-c6cccc7oc8ccccc8c67)c5c34)n2)cc1. The average Bonchev–Trinajstić information content (AvgIpc) is 3.80. The fourth-order valence-corrected chi connectivity index (χ4v) is 7.85. The number of hydrogen-bond donors (Lipinski definition) is 0. The van der Waals surface area contributed by atoms with Gasteiger partial charge in [0.25, 0.3) is 0 Å². The van der Waals surface area contributed by atoms with Crippen LogP contribution in [0, 0.1) is 0 Å². The van der Waals surface area contributed by atoms with E-state index >= 15 is 0 Å². The molecule has 0 aliphatic rings. The lowest BCUT2D eigenvalue weighted by atomic mass is 9.94. The van der Waals surface area contributed by atoms with Crippen LogP contribution >= 0.6 is 0 Å². The van der Waals surface area contributed by atoms with E-state index in [1.807, 2.05) is 66.7 Å². The van der Waals surface area contributed by atoms with Gasteiger partial charge in [-0.3, -0.25) is 0 Å². The molecule has 0 aliphatic heterocycles. The number of fused-ring (bicyclic) bond motifs is 9. The summed E-state index contributed by atoms with van der Waals surface area (Å²) in [5.41, 5.74) is 8.15. The summed E-state index contributed by atoms with van der Waals surface area (Å²) in [6.45, 7) is 0. The molecule has 5 nitrogen and oxygen atoms in total. The van der Waals surface area contributed by atoms with Crippen molar-refractivity contribution in [3.05, 3.63) is 164 Å². The molecule has 0 N–H and O–H groups in total. The highest BCUT2D eigenvalue weighted by Gasteiger charge is 2.22. The van der Waals surface area contributed by atoms with Gasteiger partial charge in [0.05, 0.1) is 0 Å². The van der Waals surface area contributed by atoms with Crippen molar-refractivity contribution < 1.29 is 8.83 Å². The minimum absolute atomic E-state index is 0.580. The molecule has 3 heterocycles. The van der Waals surface area contributed by atoms with Gasteiger partial charge in [-0.25, -0.2) is 15.0 Å². The number of rotatable bonds is 4. The third kappa shape index (κ3) is 4.33. The fourth-order valence-electron chi connectivity index (χ4n) is 7.85. The third-order valence-electron chi connectivity index (χ3n) is 10.1. The first-order valence-electron chi connectivity index (χ1n) is 17.4. The largest absolute Gasteiger partial charge is 0.456 e. The Hall–Kier alpha value is -7.11. The first kappa shape index (κ1) is 28.7. The number of benzene rings is 8. The quantitative estimate of drug-likeness (QED) is 0.175. The molecule has 0 saturated carbocycles. The molecule has 0 unspecified atom stereocenters. The highest BCUT2D eigenvalue weighted by atomic mass is 16.3. The number of nitrogens with zero attached hydrogens (tertiary/aromatic N) is 3. The van der Waals surface area contributed by atoms with Gasteiger partial charge < -0.3 is 8.83 Å². The summed E-state index contributed by atoms with van der Waals surface area (Å²) >= 11 is 0. The maximum absolute atomic E-state index is 6.60. The first-order valence-corrected chi connectivity index (χ1v) is 17.4. The van der Waals surface area contributed by atoms with Crippen molar-refractivity contribution in [3.8, 4) is 45.3 Å². The van der Waals surface area contributed by atoms with Crippen LogP contribution in [0.5, 0.6) is 0 Å². The molecule has 52 heavy (non-hydrogen) atoms. The van der Waals surface area contributed by atoms with Crippen LogP contribution < -0.4 is 0 Å². The molecule has 11 rings (SSSR count). The molecule has 0 aliphatic carbocycles. The summed E-state index contributed by atoms with van der Waals surface area (Å²) in [5, 5.41) is 8.70. The zero-order valence-electron chi connectivity index (χ0n) is 27.7. The number of aromatic nitrogens is 3. The highest BCUT2D eigenvalue weighted by molar-refractivity contribution is 6.22. The van der Waals surface area contributed by atoms with Gasteiger partial charge in [-0.1, -0.05) is 133 Å². The van der Waals surface area contributed by atoms with Gasteiger partial charge in [0.1, 0.15) is 22.3 Å². The second-order valence-corrected chi connectivity index (χ2v) is 13.1. The minimum atomic E-state index is 0.580. The number of hydrogen-bond acceptors (Lipinski definition) is 5. The summed E-state index contributed by atoms with van der Waals surface area (Å²) in [5.74, 6) is 1.80. The van der Waals surface area contributed by atoms with Crippen molar-refractivity contribution in [1.29, 1.82) is 0 Å². The van der Waals surface area contributed by atoms with E-state index in [9.17, 15) is 0 Å². The van der Waals surface area contributed by atoms with Gasteiger partial charge >= 0.3 is 0 Å². The summed E-state index contributed by atoms with van der Waals surface area (Å²) in [6.07, 6.45) is 0. The van der Waals surface area contributed by atoms with Crippen LogP contribution in [0.25, 0.3) is 111 Å². The Bertz CT molecular complexity index is 3190. The Balaban J connectivity index is 1.22. The molecule has 3 aromatic heterocycles. The normalized spacial score (nSPS) is 11.8. The topological polar surface area (TPSA) is 65.0 Å². The van der Waals surface area contributed by atoms with Gasteiger partial charge in [-0.15, -0.1) is 0 Å². The molecule has 0 radical (unpaired) electrons. The molecule has 0 saturated heterocycles. The lowest BCUT2D eigenvalue weighted by molar-refractivity contribution is 0.668. The van der Waals surface area contributed by atoms with Crippen LogP contribution in [-0.2, 0) is 0 Å². The van der Waals surface area contributed by atoms with E-state index in [4.69, 9.17) is 23.8 Å². The maximum Gasteiger partial charge on any atom is 0.164 e. The predicted molar refractivity (Wildman–Crippen MR) is 211 cm³/mol. The van der Waals surface area contributed by atoms with E-state index in [0.29, 0.717) is 17.5 Å². The minimum Gasteiger partial charge on any atom is -0.456 e. The van der Waals surface area contributed by atoms with Crippen LogP contribution in [0.3, 0.4) is 0 Å². The van der Waals surface area contributed by atoms with Crippen LogP contribution in [0.1, 0.15) is 0 Å². The highest BCUT2D eigenvalue weighted by Crippen LogP contribution is 2.45. The zero-order chi connectivity index (χ0) is 34.2. The monoisotopic (exact) mass is 665 g/mol. The molecule has 0 bridgehead atoms. The Kier molecular flexibility index (Phi) is 6.18. The number of furan rings is 2. The maximum atomic E-state index is 6.60. The Morgan fingerprint density at radius 2 is 0.808 bits per heavy atom. The average molecular weight is 666 g/mol.